The van der Waals surface area contributed by atoms with Crippen LogP contribution in [0.1, 0.15) is 44.9 Å². The minimum Gasteiger partial charge on any atom is -0.393 e. The quantitative estimate of drug-likeness (QED) is 0.685. The highest BCUT2D eigenvalue weighted by molar-refractivity contribution is 4.81. The molecule has 0 aromatic rings. The van der Waals surface area contributed by atoms with E-state index in [1.807, 2.05) is 0 Å². The van der Waals surface area contributed by atoms with E-state index in [-0.39, 0.29) is 6.10 Å². The van der Waals surface area contributed by atoms with Crippen molar-refractivity contribution in [1.82, 2.24) is 0 Å². The summed E-state index contributed by atoms with van der Waals surface area (Å²) in [4.78, 5) is 0. The zero-order valence-electron chi connectivity index (χ0n) is 7.54. The van der Waals surface area contributed by atoms with E-state index in [9.17, 15) is 0 Å². The van der Waals surface area contributed by atoms with Gasteiger partial charge in [0, 0.05) is 0 Å². The smallest absolute Gasteiger partial charge is 0.0628 e. The molecular weight excluding hydrogens is 152 g/mol. The van der Waals surface area contributed by atoms with Crippen LogP contribution in [0.4, 0.5) is 0 Å². The van der Waals surface area contributed by atoms with E-state index in [4.69, 9.17) is 9.84 Å². The Morgan fingerprint density at radius 3 is 2.17 bits per heavy atom. The van der Waals surface area contributed by atoms with E-state index in [1.165, 1.54) is 32.1 Å². The van der Waals surface area contributed by atoms with Gasteiger partial charge in [-0.2, -0.15) is 0 Å². The lowest BCUT2D eigenvalue weighted by molar-refractivity contribution is -0.111. The van der Waals surface area contributed by atoms with Crippen LogP contribution < -0.4 is 0 Å². The Kier molecular flexibility index (Phi) is 2.66. The first-order valence-corrected chi connectivity index (χ1v) is 5.18. The van der Waals surface area contributed by atoms with Crippen LogP contribution in [0.3, 0.4) is 0 Å². The Bertz CT molecular complexity index is 135. The summed E-state index contributed by atoms with van der Waals surface area (Å²) in [5.74, 6) is 0. The van der Waals surface area contributed by atoms with Crippen LogP contribution in [0, 0.1) is 0 Å². The van der Waals surface area contributed by atoms with Gasteiger partial charge in [-0.3, -0.25) is 0 Å². The highest BCUT2D eigenvalue weighted by Crippen LogP contribution is 2.28. The average Bonchev–Trinajstić information content (AvgIpc) is 2.04. The first-order valence-electron chi connectivity index (χ1n) is 5.18. The number of ether oxygens (including phenoxy) is 1. The van der Waals surface area contributed by atoms with Crippen LogP contribution in [0.15, 0.2) is 0 Å². The van der Waals surface area contributed by atoms with Gasteiger partial charge >= 0.3 is 0 Å². The summed E-state index contributed by atoms with van der Waals surface area (Å²) in [6.07, 6.45) is 9.09. The van der Waals surface area contributed by atoms with Gasteiger partial charge in [0.05, 0.1) is 18.3 Å². The topological polar surface area (TPSA) is 29.5 Å². The fourth-order valence-electron chi connectivity index (χ4n) is 2.12. The van der Waals surface area contributed by atoms with Crippen molar-refractivity contribution in [1.29, 1.82) is 0 Å². The number of hydrogen-bond acceptors (Lipinski definition) is 2. The SMILES string of the molecule is OC1CC(OC2CCCCC2)C1. The summed E-state index contributed by atoms with van der Waals surface area (Å²) >= 11 is 0. The molecule has 0 unspecified atom stereocenters. The van der Waals surface area contributed by atoms with Gasteiger partial charge < -0.3 is 9.84 Å². The van der Waals surface area contributed by atoms with Gasteiger partial charge in [-0.1, -0.05) is 19.3 Å². The Labute approximate surface area is 73.9 Å². The maximum atomic E-state index is 9.07. The third-order valence-electron chi connectivity index (χ3n) is 3.01. The van der Waals surface area contributed by atoms with Gasteiger partial charge in [-0.05, 0) is 25.7 Å². The molecule has 2 fully saturated rings. The molecule has 0 heterocycles. The molecule has 2 aliphatic rings. The Morgan fingerprint density at radius 2 is 1.58 bits per heavy atom. The zero-order valence-corrected chi connectivity index (χ0v) is 7.54. The highest BCUT2D eigenvalue weighted by atomic mass is 16.5. The Balaban J connectivity index is 1.65. The maximum absolute atomic E-state index is 9.07. The van der Waals surface area contributed by atoms with Crippen LogP contribution >= 0.6 is 0 Å². The molecule has 70 valence electrons. The molecule has 0 bridgehead atoms. The van der Waals surface area contributed by atoms with Gasteiger partial charge in [0.1, 0.15) is 0 Å². The first-order chi connectivity index (χ1) is 5.84. The summed E-state index contributed by atoms with van der Waals surface area (Å²) in [6.45, 7) is 0. The van der Waals surface area contributed by atoms with Crippen molar-refractivity contribution in [2.24, 2.45) is 0 Å². The number of aliphatic hydroxyl groups excluding tert-OH is 1. The predicted octanol–water partition coefficient (Wildman–Crippen LogP) is 1.86. The molecule has 12 heavy (non-hydrogen) atoms. The van der Waals surface area contributed by atoms with Crippen molar-refractivity contribution in [2.45, 2.75) is 63.3 Å². The fraction of sp³-hybridized carbons (Fsp3) is 1.00. The van der Waals surface area contributed by atoms with Crippen molar-refractivity contribution in [3.8, 4) is 0 Å². The molecule has 2 heteroatoms. The molecule has 0 atom stereocenters. The second-order valence-electron chi connectivity index (χ2n) is 4.14. The molecule has 0 aromatic carbocycles. The summed E-state index contributed by atoms with van der Waals surface area (Å²) in [5, 5.41) is 9.07. The first kappa shape index (κ1) is 8.52. The monoisotopic (exact) mass is 170 g/mol. The molecule has 0 saturated heterocycles. The van der Waals surface area contributed by atoms with E-state index >= 15 is 0 Å². The van der Waals surface area contributed by atoms with Crippen molar-refractivity contribution in [3.63, 3.8) is 0 Å². The molecular formula is C10H18O2. The van der Waals surface area contributed by atoms with Crippen molar-refractivity contribution < 1.29 is 9.84 Å². The largest absolute Gasteiger partial charge is 0.393 e. The number of hydrogen-bond donors (Lipinski definition) is 1. The van der Waals surface area contributed by atoms with E-state index < -0.39 is 0 Å². The molecule has 0 radical (unpaired) electrons. The van der Waals surface area contributed by atoms with Crippen molar-refractivity contribution in [3.05, 3.63) is 0 Å². The van der Waals surface area contributed by atoms with E-state index in [0.29, 0.717) is 12.2 Å². The maximum Gasteiger partial charge on any atom is 0.0628 e. The molecule has 2 nitrogen and oxygen atoms in total. The molecule has 0 aromatic heterocycles. The highest BCUT2D eigenvalue weighted by Gasteiger charge is 2.30. The molecule has 2 rings (SSSR count). The number of aliphatic hydroxyl groups is 1. The third kappa shape index (κ3) is 1.99. The predicted molar refractivity (Wildman–Crippen MR) is 47.0 cm³/mol. The fourth-order valence-corrected chi connectivity index (χ4v) is 2.12. The Morgan fingerprint density at radius 1 is 0.917 bits per heavy atom. The minimum absolute atomic E-state index is 0.0707. The van der Waals surface area contributed by atoms with Crippen LogP contribution in [-0.4, -0.2) is 23.4 Å². The van der Waals surface area contributed by atoms with Crippen LogP contribution in [-0.2, 0) is 4.74 Å². The Hall–Kier alpha value is -0.0800. The van der Waals surface area contributed by atoms with E-state index in [0.717, 1.165) is 12.8 Å². The molecule has 0 aliphatic heterocycles. The van der Waals surface area contributed by atoms with E-state index in [1.54, 1.807) is 0 Å². The van der Waals surface area contributed by atoms with Gasteiger partial charge in [-0.15, -0.1) is 0 Å². The average molecular weight is 170 g/mol. The van der Waals surface area contributed by atoms with Gasteiger partial charge in [0.15, 0.2) is 0 Å². The minimum atomic E-state index is -0.0707. The van der Waals surface area contributed by atoms with Crippen molar-refractivity contribution >= 4 is 0 Å². The molecule has 1 N–H and O–H groups in total. The lowest BCUT2D eigenvalue weighted by Crippen LogP contribution is -2.38. The van der Waals surface area contributed by atoms with Gasteiger partial charge in [-0.25, -0.2) is 0 Å². The summed E-state index contributed by atoms with van der Waals surface area (Å²) in [5.41, 5.74) is 0. The second kappa shape index (κ2) is 3.75. The molecule has 0 amide bonds. The zero-order chi connectivity index (χ0) is 8.39. The molecule has 2 saturated carbocycles. The van der Waals surface area contributed by atoms with Crippen LogP contribution in [0.5, 0.6) is 0 Å². The van der Waals surface area contributed by atoms with Gasteiger partial charge in [0.2, 0.25) is 0 Å². The summed E-state index contributed by atoms with van der Waals surface area (Å²) in [7, 11) is 0. The van der Waals surface area contributed by atoms with Crippen molar-refractivity contribution in [2.75, 3.05) is 0 Å². The summed E-state index contributed by atoms with van der Waals surface area (Å²) < 4.78 is 5.84. The molecule has 2 aliphatic carbocycles. The lowest BCUT2D eigenvalue weighted by Gasteiger charge is -2.35. The third-order valence-corrected chi connectivity index (χ3v) is 3.01. The normalized spacial score (nSPS) is 37.8. The van der Waals surface area contributed by atoms with Gasteiger partial charge in [0.25, 0.3) is 0 Å². The molecule has 0 spiro atoms. The van der Waals surface area contributed by atoms with E-state index in [2.05, 4.69) is 0 Å². The standard InChI is InChI=1S/C10H18O2/c11-8-6-10(7-8)12-9-4-2-1-3-5-9/h8-11H,1-7H2. The van der Waals surface area contributed by atoms with Crippen LogP contribution in [0.25, 0.3) is 0 Å². The lowest BCUT2D eigenvalue weighted by atomic mass is 9.91. The number of rotatable bonds is 2. The van der Waals surface area contributed by atoms with Crippen LogP contribution in [0.2, 0.25) is 0 Å². The summed E-state index contributed by atoms with van der Waals surface area (Å²) in [6, 6.07) is 0. The second-order valence-corrected chi connectivity index (χ2v) is 4.14.